The Morgan fingerprint density at radius 2 is 1.91 bits per heavy atom. The molecule has 0 bridgehead atoms. The maximum absolute atomic E-state index is 12.2. The van der Waals surface area contributed by atoms with E-state index in [1.165, 1.54) is 35.7 Å². The third-order valence-electron chi connectivity index (χ3n) is 2.97. The number of nitrogens with zero attached hydrogens (tertiary/aromatic N) is 4. The molecule has 0 aliphatic heterocycles. The van der Waals surface area contributed by atoms with Crippen molar-refractivity contribution >= 4 is 12.0 Å². The van der Waals surface area contributed by atoms with Crippen molar-refractivity contribution in [1.29, 1.82) is 0 Å². The number of imidazole rings is 2. The number of ether oxygens (including phenoxy) is 1. The normalized spacial score (nSPS) is 10.4. The van der Waals surface area contributed by atoms with Crippen LogP contribution in [0.5, 0.6) is 0 Å². The second-order valence-electron chi connectivity index (χ2n) is 4.44. The molecule has 2 aromatic heterocycles. The molecule has 0 aliphatic rings. The Morgan fingerprint density at radius 3 is 2.64 bits per heavy atom. The number of benzene rings is 1. The van der Waals surface area contributed by atoms with Crippen LogP contribution in [0.4, 0.5) is 4.79 Å². The van der Waals surface area contributed by atoms with Gasteiger partial charge in [0.15, 0.2) is 0 Å². The molecule has 0 N–H and O–H groups in total. The zero-order valence-corrected chi connectivity index (χ0v) is 11.5. The van der Waals surface area contributed by atoms with Crippen molar-refractivity contribution in [2.45, 2.75) is 6.61 Å². The third kappa shape index (κ3) is 2.78. The highest BCUT2D eigenvalue weighted by atomic mass is 16.5. The number of carbonyl (C=O) groups excluding carboxylic acids is 2. The molecule has 0 amide bonds. The Balaban J connectivity index is 1.74. The maximum atomic E-state index is 12.2. The average molecular weight is 296 g/mol. The molecule has 0 radical (unpaired) electrons. The van der Waals surface area contributed by atoms with E-state index in [1.54, 1.807) is 0 Å². The minimum Gasteiger partial charge on any atom is -0.455 e. The van der Waals surface area contributed by atoms with Gasteiger partial charge in [-0.3, -0.25) is 4.57 Å². The van der Waals surface area contributed by atoms with Gasteiger partial charge in [0.2, 0.25) is 5.82 Å². The van der Waals surface area contributed by atoms with Crippen molar-refractivity contribution in [1.82, 2.24) is 19.1 Å². The van der Waals surface area contributed by atoms with Crippen molar-refractivity contribution < 1.29 is 14.3 Å². The van der Waals surface area contributed by atoms with E-state index in [0.717, 1.165) is 10.1 Å². The molecule has 7 nitrogen and oxygen atoms in total. The van der Waals surface area contributed by atoms with Gasteiger partial charge in [-0.1, -0.05) is 30.3 Å². The van der Waals surface area contributed by atoms with Crippen molar-refractivity contribution in [3.63, 3.8) is 0 Å². The topological polar surface area (TPSA) is 79.0 Å². The molecule has 0 saturated carbocycles. The van der Waals surface area contributed by atoms with Crippen LogP contribution in [-0.4, -0.2) is 31.1 Å². The van der Waals surface area contributed by atoms with Crippen LogP contribution in [0.1, 0.15) is 16.2 Å². The van der Waals surface area contributed by atoms with Gasteiger partial charge in [-0.05, 0) is 5.56 Å². The van der Waals surface area contributed by atoms with Crippen molar-refractivity contribution in [2.24, 2.45) is 0 Å². The fourth-order valence-electron chi connectivity index (χ4n) is 1.89. The molecule has 3 aromatic rings. The van der Waals surface area contributed by atoms with Crippen LogP contribution in [0.15, 0.2) is 61.4 Å². The van der Waals surface area contributed by atoms with Gasteiger partial charge in [0.1, 0.15) is 12.9 Å². The number of esters is 1. The molecule has 0 unspecified atom stereocenters. The van der Waals surface area contributed by atoms with Gasteiger partial charge in [-0.2, -0.15) is 0 Å². The van der Waals surface area contributed by atoms with Crippen LogP contribution in [0.3, 0.4) is 0 Å². The first kappa shape index (κ1) is 13.7. The van der Waals surface area contributed by atoms with E-state index in [0.29, 0.717) is 0 Å². The van der Waals surface area contributed by atoms with Gasteiger partial charge in [-0.25, -0.2) is 24.1 Å². The predicted octanol–water partition coefficient (Wildman–Crippen LogP) is 1.95. The van der Waals surface area contributed by atoms with Crippen LogP contribution in [-0.2, 0) is 11.3 Å². The number of rotatable bonds is 3. The Morgan fingerprint density at radius 1 is 1.09 bits per heavy atom. The second-order valence-corrected chi connectivity index (χ2v) is 4.44. The standard InChI is InChI=1S/C15H12N4O3/c20-14(22-10-12-4-2-1-3-5-12)13-17-7-9-19(13)15(21)18-8-6-16-11-18/h1-9,11H,10H2. The third-order valence-corrected chi connectivity index (χ3v) is 2.97. The lowest BCUT2D eigenvalue weighted by molar-refractivity contribution is 0.0455. The lowest BCUT2D eigenvalue weighted by Crippen LogP contribution is -2.23. The van der Waals surface area contributed by atoms with Crippen LogP contribution < -0.4 is 0 Å². The van der Waals surface area contributed by atoms with E-state index in [1.807, 2.05) is 30.3 Å². The lowest BCUT2D eigenvalue weighted by atomic mass is 10.2. The number of aromatic nitrogens is 4. The van der Waals surface area contributed by atoms with Gasteiger partial charge in [0, 0.05) is 24.8 Å². The molecule has 3 rings (SSSR count). The monoisotopic (exact) mass is 296 g/mol. The number of hydrogen-bond acceptors (Lipinski definition) is 5. The summed E-state index contributed by atoms with van der Waals surface area (Å²) in [6.45, 7) is 0.117. The van der Waals surface area contributed by atoms with E-state index in [9.17, 15) is 9.59 Å². The highest BCUT2D eigenvalue weighted by Gasteiger charge is 2.19. The SMILES string of the molecule is O=C(OCc1ccccc1)c1nccn1C(=O)n1ccnc1. The van der Waals surface area contributed by atoms with E-state index < -0.39 is 12.0 Å². The summed E-state index contributed by atoms with van der Waals surface area (Å²) in [5, 5.41) is 0. The summed E-state index contributed by atoms with van der Waals surface area (Å²) in [6, 6.07) is 8.82. The minimum atomic E-state index is -0.665. The summed E-state index contributed by atoms with van der Waals surface area (Å²) < 4.78 is 7.55. The maximum Gasteiger partial charge on any atom is 0.375 e. The molecule has 7 heteroatoms. The first-order valence-corrected chi connectivity index (χ1v) is 6.53. The molecule has 22 heavy (non-hydrogen) atoms. The van der Waals surface area contributed by atoms with Crippen LogP contribution in [0, 0.1) is 0 Å². The van der Waals surface area contributed by atoms with Gasteiger partial charge < -0.3 is 4.74 Å². The van der Waals surface area contributed by atoms with Gasteiger partial charge >= 0.3 is 12.0 Å². The summed E-state index contributed by atoms with van der Waals surface area (Å²) in [5.74, 6) is -0.739. The Kier molecular flexibility index (Phi) is 3.78. The summed E-state index contributed by atoms with van der Waals surface area (Å²) in [5.41, 5.74) is 0.856. The van der Waals surface area contributed by atoms with Gasteiger partial charge in [-0.15, -0.1) is 0 Å². The fraction of sp³-hybridized carbons (Fsp3) is 0.0667. The number of carbonyl (C=O) groups is 2. The van der Waals surface area contributed by atoms with Crippen molar-refractivity contribution in [3.8, 4) is 0 Å². The molecule has 1 aromatic carbocycles. The Hall–Kier alpha value is -3.22. The first-order valence-electron chi connectivity index (χ1n) is 6.53. The van der Waals surface area contributed by atoms with Crippen LogP contribution in [0.2, 0.25) is 0 Å². The zero-order valence-electron chi connectivity index (χ0n) is 11.5. The quantitative estimate of drug-likeness (QED) is 0.690. The zero-order chi connectivity index (χ0) is 15.4. The van der Waals surface area contributed by atoms with Crippen molar-refractivity contribution in [2.75, 3.05) is 0 Å². The Labute approximate surface area is 125 Å². The van der Waals surface area contributed by atoms with Crippen molar-refractivity contribution in [3.05, 3.63) is 72.8 Å². The largest absolute Gasteiger partial charge is 0.455 e. The minimum absolute atomic E-state index is 0.0744. The Bertz CT molecular complexity index is 778. The van der Waals surface area contributed by atoms with Crippen LogP contribution >= 0.6 is 0 Å². The molecule has 0 fully saturated rings. The molecular formula is C15H12N4O3. The fourth-order valence-corrected chi connectivity index (χ4v) is 1.89. The van der Waals surface area contributed by atoms with E-state index in [4.69, 9.17) is 4.74 Å². The van der Waals surface area contributed by atoms with E-state index in [2.05, 4.69) is 9.97 Å². The predicted molar refractivity (Wildman–Crippen MR) is 76.2 cm³/mol. The highest BCUT2D eigenvalue weighted by Crippen LogP contribution is 2.06. The highest BCUT2D eigenvalue weighted by molar-refractivity contribution is 5.91. The molecule has 0 saturated heterocycles. The molecular weight excluding hydrogens is 284 g/mol. The summed E-state index contributed by atoms with van der Waals surface area (Å²) in [4.78, 5) is 32.0. The molecule has 0 atom stereocenters. The van der Waals surface area contributed by atoms with Gasteiger partial charge in [0.25, 0.3) is 0 Å². The lowest BCUT2D eigenvalue weighted by Gasteiger charge is -2.07. The second kappa shape index (κ2) is 6.04. The molecule has 0 aliphatic carbocycles. The summed E-state index contributed by atoms with van der Waals surface area (Å²) >= 11 is 0. The molecule has 2 heterocycles. The summed E-state index contributed by atoms with van der Waals surface area (Å²) in [6.07, 6.45) is 7.08. The summed E-state index contributed by atoms with van der Waals surface area (Å²) in [7, 11) is 0. The van der Waals surface area contributed by atoms with E-state index >= 15 is 0 Å². The first-order chi connectivity index (χ1) is 10.8. The van der Waals surface area contributed by atoms with E-state index in [-0.39, 0.29) is 12.4 Å². The number of hydrogen-bond donors (Lipinski definition) is 0. The average Bonchev–Trinajstić information content (AvgIpc) is 3.24. The van der Waals surface area contributed by atoms with Crippen LogP contribution in [0.25, 0.3) is 0 Å². The molecule has 110 valence electrons. The smallest absolute Gasteiger partial charge is 0.375 e. The molecule has 0 spiro atoms. The van der Waals surface area contributed by atoms with Gasteiger partial charge in [0.05, 0.1) is 0 Å².